The first kappa shape index (κ1) is 23.3. The Balaban J connectivity index is 1.37. The number of H-pyrrole nitrogens is 1. The predicted octanol–water partition coefficient (Wildman–Crippen LogP) is 4.59. The van der Waals surface area contributed by atoms with Crippen LogP contribution in [-0.2, 0) is 4.74 Å². The molecule has 2 N–H and O–H groups in total. The van der Waals surface area contributed by atoms with Crippen molar-refractivity contribution in [2.45, 2.75) is 6.43 Å². The maximum Gasteiger partial charge on any atom is 0.264 e. The molecule has 0 atom stereocenters. The smallest absolute Gasteiger partial charge is 0.264 e. The molecule has 0 unspecified atom stereocenters. The average molecular weight is 500 g/mol. The molecule has 1 fully saturated rings. The van der Waals surface area contributed by atoms with E-state index in [0.717, 1.165) is 13.1 Å². The number of imidazole rings is 1. The highest BCUT2D eigenvalue weighted by atomic mass is 32.1. The molecule has 1 aliphatic heterocycles. The standard InChI is InChI=1S/C24H23F2N5O3S/c25-21(26)18-14-15(34-12-9-31-7-10-33-11-8-31)4-5-16(18)22-28-19-3-1-2-17(20(19)29-22)23(32)30-24-27-6-13-35-24/h1-6,13-14,21H,7-12H2,(H,28,29)(H,27,30,32). The van der Waals surface area contributed by atoms with Crippen LogP contribution in [0.5, 0.6) is 5.75 Å². The van der Waals surface area contributed by atoms with Gasteiger partial charge in [0.25, 0.3) is 12.3 Å². The lowest BCUT2D eigenvalue weighted by Gasteiger charge is -2.26. The number of carbonyl (C=O) groups excluding carboxylic acids is 1. The van der Waals surface area contributed by atoms with Crippen molar-refractivity contribution in [3.63, 3.8) is 0 Å². The van der Waals surface area contributed by atoms with E-state index in [1.807, 2.05) is 0 Å². The Hall–Kier alpha value is -3.41. The molecule has 3 heterocycles. The summed E-state index contributed by atoms with van der Waals surface area (Å²) in [7, 11) is 0. The summed E-state index contributed by atoms with van der Waals surface area (Å²) in [6, 6.07) is 9.66. The highest BCUT2D eigenvalue weighted by Gasteiger charge is 2.21. The molecule has 2 aromatic carbocycles. The lowest BCUT2D eigenvalue weighted by molar-refractivity contribution is 0.0322. The molecule has 11 heteroatoms. The Bertz CT molecular complexity index is 1310. The molecule has 0 radical (unpaired) electrons. The Labute approximate surface area is 203 Å². The first-order valence-corrected chi connectivity index (χ1v) is 12.0. The molecule has 35 heavy (non-hydrogen) atoms. The van der Waals surface area contributed by atoms with Gasteiger partial charge in [0.2, 0.25) is 0 Å². The minimum absolute atomic E-state index is 0.193. The maximum atomic E-state index is 14.0. The number of anilines is 1. The number of aromatic nitrogens is 3. The van der Waals surface area contributed by atoms with E-state index in [1.54, 1.807) is 41.9 Å². The van der Waals surface area contributed by atoms with E-state index in [-0.39, 0.29) is 22.9 Å². The summed E-state index contributed by atoms with van der Waals surface area (Å²) in [5.41, 5.74) is 1.34. The van der Waals surface area contributed by atoms with E-state index in [1.165, 1.54) is 17.4 Å². The van der Waals surface area contributed by atoms with Crippen molar-refractivity contribution in [2.75, 3.05) is 44.8 Å². The van der Waals surface area contributed by atoms with E-state index >= 15 is 0 Å². The molecular formula is C24H23F2N5O3S. The van der Waals surface area contributed by atoms with Crippen LogP contribution in [0, 0.1) is 0 Å². The molecule has 0 saturated carbocycles. The fraction of sp³-hybridized carbons (Fsp3) is 0.292. The number of benzene rings is 2. The summed E-state index contributed by atoms with van der Waals surface area (Å²) >= 11 is 1.30. The third kappa shape index (κ3) is 5.31. The van der Waals surface area contributed by atoms with Crippen LogP contribution in [0.4, 0.5) is 13.9 Å². The summed E-state index contributed by atoms with van der Waals surface area (Å²) in [6.45, 7) is 4.14. The number of rotatable bonds is 8. The van der Waals surface area contributed by atoms with Crippen molar-refractivity contribution in [1.29, 1.82) is 0 Å². The number of morpholine rings is 1. The Morgan fingerprint density at radius 1 is 1.26 bits per heavy atom. The van der Waals surface area contributed by atoms with E-state index in [0.29, 0.717) is 53.8 Å². The van der Waals surface area contributed by atoms with Crippen LogP contribution < -0.4 is 10.1 Å². The Morgan fingerprint density at radius 2 is 2.11 bits per heavy atom. The maximum absolute atomic E-state index is 14.0. The number of fused-ring (bicyclic) bond motifs is 1. The van der Waals surface area contributed by atoms with E-state index < -0.39 is 6.43 Å². The number of carbonyl (C=O) groups is 1. The summed E-state index contributed by atoms with van der Waals surface area (Å²) in [4.78, 5) is 26.6. The molecule has 1 aliphatic rings. The topological polar surface area (TPSA) is 92.4 Å². The first-order chi connectivity index (χ1) is 17.1. The van der Waals surface area contributed by atoms with E-state index in [9.17, 15) is 13.6 Å². The van der Waals surface area contributed by atoms with E-state index in [2.05, 4.69) is 25.2 Å². The van der Waals surface area contributed by atoms with Crippen LogP contribution in [-0.4, -0.2) is 65.2 Å². The third-order valence-electron chi connectivity index (χ3n) is 5.70. The van der Waals surface area contributed by atoms with Crippen molar-refractivity contribution in [1.82, 2.24) is 19.9 Å². The monoisotopic (exact) mass is 499 g/mol. The number of aromatic amines is 1. The van der Waals surface area contributed by atoms with Gasteiger partial charge in [-0.05, 0) is 30.3 Å². The number of amides is 1. The van der Waals surface area contributed by atoms with Gasteiger partial charge >= 0.3 is 0 Å². The molecule has 2 aromatic heterocycles. The second-order valence-electron chi connectivity index (χ2n) is 7.93. The molecule has 0 spiro atoms. The van der Waals surface area contributed by atoms with Crippen LogP contribution >= 0.6 is 11.3 Å². The van der Waals surface area contributed by atoms with Crippen molar-refractivity contribution >= 4 is 33.4 Å². The van der Waals surface area contributed by atoms with Crippen LogP contribution in [0.15, 0.2) is 48.0 Å². The van der Waals surface area contributed by atoms with Crippen LogP contribution in [0.1, 0.15) is 22.3 Å². The SMILES string of the molecule is O=C(Nc1nccs1)c1cccc2[nH]c(-c3ccc(OCCN4CCOCC4)cc3C(F)F)nc12. The van der Waals surface area contributed by atoms with Crippen molar-refractivity contribution in [3.05, 3.63) is 59.1 Å². The Kier molecular flexibility index (Phi) is 6.98. The summed E-state index contributed by atoms with van der Waals surface area (Å²) in [6.07, 6.45) is -1.14. The molecule has 4 aromatic rings. The lowest BCUT2D eigenvalue weighted by Crippen LogP contribution is -2.38. The summed E-state index contributed by atoms with van der Waals surface area (Å²) in [5.74, 6) is 0.253. The Morgan fingerprint density at radius 3 is 2.89 bits per heavy atom. The van der Waals surface area contributed by atoms with Gasteiger partial charge in [-0.2, -0.15) is 0 Å². The molecule has 1 saturated heterocycles. The lowest BCUT2D eigenvalue weighted by atomic mass is 10.1. The number of halogens is 2. The minimum Gasteiger partial charge on any atom is -0.492 e. The number of nitrogens with one attached hydrogen (secondary N) is 2. The molecule has 8 nitrogen and oxygen atoms in total. The fourth-order valence-electron chi connectivity index (χ4n) is 3.94. The number of hydrogen-bond donors (Lipinski definition) is 2. The molecule has 182 valence electrons. The molecular weight excluding hydrogens is 476 g/mol. The highest BCUT2D eigenvalue weighted by Crippen LogP contribution is 2.34. The van der Waals surface area contributed by atoms with Crippen molar-refractivity contribution in [2.24, 2.45) is 0 Å². The second kappa shape index (κ2) is 10.5. The van der Waals surface area contributed by atoms with Gasteiger partial charge in [0.05, 0.1) is 24.3 Å². The van der Waals surface area contributed by atoms with Gasteiger partial charge in [0.15, 0.2) is 5.13 Å². The summed E-state index contributed by atoms with van der Waals surface area (Å²) in [5, 5.41) is 4.95. The zero-order valence-corrected chi connectivity index (χ0v) is 19.5. The minimum atomic E-state index is -2.73. The van der Waals surface area contributed by atoms with Gasteiger partial charge in [-0.25, -0.2) is 18.7 Å². The predicted molar refractivity (Wildman–Crippen MR) is 129 cm³/mol. The molecule has 0 aliphatic carbocycles. The highest BCUT2D eigenvalue weighted by molar-refractivity contribution is 7.13. The number of hydrogen-bond acceptors (Lipinski definition) is 7. The molecule has 0 bridgehead atoms. The van der Waals surface area contributed by atoms with Gasteiger partial charge in [0, 0.05) is 42.3 Å². The van der Waals surface area contributed by atoms with Crippen LogP contribution in [0.25, 0.3) is 22.4 Å². The zero-order valence-electron chi connectivity index (χ0n) is 18.7. The van der Waals surface area contributed by atoms with E-state index in [4.69, 9.17) is 9.47 Å². The third-order valence-corrected chi connectivity index (χ3v) is 6.39. The number of thiazole rings is 1. The van der Waals surface area contributed by atoms with Crippen molar-refractivity contribution < 1.29 is 23.0 Å². The normalized spacial score (nSPS) is 14.5. The average Bonchev–Trinajstić information content (AvgIpc) is 3.54. The van der Waals surface area contributed by atoms with Crippen LogP contribution in [0.2, 0.25) is 0 Å². The number of para-hydroxylation sites is 1. The van der Waals surface area contributed by atoms with Crippen molar-refractivity contribution in [3.8, 4) is 17.1 Å². The number of alkyl halides is 2. The van der Waals surface area contributed by atoms with Gasteiger partial charge in [0.1, 0.15) is 23.7 Å². The van der Waals surface area contributed by atoms with Gasteiger partial charge in [-0.15, -0.1) is 11.3 Å². The quantitative estimate of drug-likeness (QED) is 0.369. The number of ether oxygens (including phenoxy) is 2. The molecule has 5 rings (SSSR count). The largest absolute Gasteiger partial charge is 0.492 e. The zero-order chi connectivity index (χ0) is 24.2. The molecule has 1 amide bonds. The second-order valence-corrected chi connectivity index (χ2v) is 8.83. The van der Waals surface area contributed by atoms with Gasteiger partial charge in [-0.3, -0.25) is 15.0 Å². The summed E-state index contributed by atoms with van der Waals surface area (Å²) < 4.78 is 39.1. The fourth-order valence-corrected chi connectivity index (χ4v) is 4.46. The first-order valence-electron chi connectivity index (χ1n) is 11.1. The number of nitrogens with zero attached hydrogens (tertiary/aromatic N) is 3. The van der Waals surface area contributed by atoms with Gasteiger partial charge < -0.3 is 14.5 Å². The van der Waals surface area contributed by atoms with Crippen LogP contribution in [0.3, 0.4) is 0 Å². The van der Waals surface area contributed by atoms with Gasteiger partial charge in [-0.1, -0.05) is 6.07 Å².